The van der Waals surface area contributed by atoms with Crippen molar-refractivity contribution in [3.63, 3.8) is 0 Å². The Kier molecular flexibility index (Phi) is 6.47. The van der Waals surface area contributed by atoms with Gasteiger partial charge in [-0.3, -0.25) is 4.79 Å². The lowest BCUT2D eigenvalue weighted by atomic mass is 9.96. The van der Waals surface area contributed by atoms with Crippen LogP contribution in [0, 0.1) is 5.92 Å². The zero-order valence-electron chi connectivity index (χ0n) is 18.6. The molecule has 1 saturated carbocycles. The van der Waals surface area contributed by atoms with E-state index in [4.69, 9.17) is 25.8 Å². The summed E-state index contributed by atoms with van der Waals surface area (Å²) in [5, 5.41) is 0.714. The highest BCUT2D eigenvalue weighted by atomic mass is 35.5. The molecule has 1 unspecified atom stereocenters. The molecule has 0 amide bonds. The van der Waals surface area contributed by atoms with Crippen LogP contribution in [0.4, 0.5) is 0 Å². The molecular weight excluding hydrogens is 412 g/mol. The number of benzene rings is 2. The first-order valence-electron chi connectivity index (χ1n) is 11.2. The highest BCUT2D eigenvalue weighted by Gasteiger charge is 2.28. The summed E-state index contributed by atoms with van der Waals surface area (Å²) < 4.78 is 18.0. The Bertz CT molecular complexity index is 943. The van der Waals surface area contributed by atoms with Crippen LogP contribution in [0.25, 0.3) is 0 Å². The van der Waals surface area contributed by atoms with Crippen molar-refractivity contribution >= 4 is 17.6 Å². The first kappa shape index (κ1) is 22.0. The standard InChI is InChI=1S/C26H31ClO4/c1-26(2,3)31-24(28)15-18-6-4-5-7-22(18)30-23-12-13-29-25-19(11-10-17-8-9-17)14-20(27)16-21(23)25/h4-7,14,16-17,23H,8-13,15H2,1-3H3. The molecule has 4 nitrogen and oxygen atoms in total. The van der Waals surface area contributed by atoms with E-state index in [-0.39, 0.29) is 18.5 Å². The minimum Gasteiger partial charge on any atom is -0.493 e. The molecule has 0 aromatic heterocycles. The summed E-state index contributed by atoms with van der Waals surface area (Å²) in [6, 6.07) is 11.6. The fourth-order valence-electron chi connectivity index (χ4n) is 4.04. The molecule has 2 aliphatic rings. The number of fused-ring (bicyclic) bond motifs is 1. The molecule has 1 heterocycles. The number of halogens is 1. The number of hydrogen-bond donors (Lipinski definition) is 0. The summed E-state index contributed by atoms with van der Waals surface area (Å²) in [7, 11) is 0. The van der Waals surface area contributed by atoms with Crippen molar-refractivity contribution in [2.75, 3.05) is 6.61 Å². The van der Waals surface area contributed by atoms with Gasteiger partial charge in [0.25, 0.3) is 0 Å². The Morgan fingerprint density at radius 3 is 2.65 bits per heavy atom. The molecule has 1 fully saturated rings. The molecule has 1 aliphatic heterocycles. The fraction of sp³-hybridized carbons (Fsp3) is 0.500. The maximum atomic E-state index is 12.4. The van der Waals surface area contributed by atoms with Gasteiger partial charge in [0.15, 0.2) is 0 Å². The van der Waals surface area contributed by atoms with Gasteiger partial charge in [-0.15, -0.1) is 0 Å². The number of para-hydroxylation sites is 1. The molecule has 0 saturated heterocycles. The Morgan fingerprint density at radius 2 is 1.90 bits per heavy atom. The highest BCUT2D eigenvalue weighted by Crippen LogP contribution is 2.42. The Balaban J connectivity index is 1.54. The summed E-state index contributed by atoms with van der Waals surface area (Å²) in [5.74, 6) is 2.21. The number of aryl methyl sites for hydroxylation is 1. The van der Waals surface area contributed by atoms with Gasteiger partial charge in [0.1, 0.15) is 23.2 Å². The normalized spacial score (nSPS) is 18.1. The third-order valence-corrected chi connectivity index (χ3v) is 5.87. The van der Waals surface area contributed by atoms with E-state index in [1.807, 2.05) is 57.2 Å². The number of rotatable bonds is 7. The van der Waals surface area contributed by atoms with Crippen molar-refractivity contribution in [1.29, 1.82) is 0 Å². The smallest absolute Gasteiger partial charge is 0.310 e. The molecule has 5 heteroatoms. The van der Waals surface area contributed by atoms with E-state index < -0.39 is 5.60 Å². The molecule has 166 valence electrons. The molecule has 1 atom stereocenters. The van der Waals surface area contributed by atoms with Crippen LogP contribution in [0.15, 0.2) is 36.4 Å². The molecule has 0 radical (unpaired) electrons. The molecule has 2 aromatic carbocycles. The minimum atomic E-state index is -0.514. The lowest BCUT2D eigenvalue weighted by molar-refractivity contribution is -0.153. The zero-order valence-corrected chi connectivity index (χ0v) is 19.3. The van der Waals surface area contributed by atoms with Crippen LogP contribution in [0.5, 0.6) is 11.5 Å². The van der Waals surface area contributed by atoms with Gasteiger partial charge in [0, 0.05) is 22.6 Å². The van der Waals surface area contributed by atoms with Crippen LogP contribution in [-0.4, -0.2) is 18.2 Å². The molecule has 1 aliphatic carbocycles. The molecule has 4 rings (SSSR count). The predicted octanol–water partition coefficient (Wildman–Crippen LogP) is 6.47. The molecule has 0 bridgehead atoms. The van der Waals surface area contributed by atoms with Crippen molar-refractivity contribution in [3.05, 3.63) is 58.1 Å². The summed E-state index contributed by atoms with van der Waals surface area (Å²) in [4.78, 5) is 12.4. The first-order chi connectivity index (χ1) is 14.8. The van der Waals surface area contributed by atoms with Crippen LogP contribution in [0.3, 0.4) is 0 Å². The zero-order chi connectivity index (χ0) is 22.0. The van der Waals surface area contributed by atoms with E-state index in [1.165, 1.54) is 24.8 Å². The van der Waals surface area contributed by atoms with Crippen molar-refractivity contribution in [1.82, 2.24) is 0 Å². The minimum absolute atomic E-state index is 0.165. The highest BCUT2D eigenvalue weighted by molar-refractivity contribution is 6.30. The van der Waals surface area contributed by atoms with Crippen molar-refractivity contribution in [3.8, 4) is 11.5 Å². The SMILES string of the molecule is CC(C)(C)OC(=O)Cc1ccccc1OC1CCOc2c(CCC3CC3)cc(Cl)cc21. The summed E-state index contributed by atoms with van der Waals surface area (Å²) in [5.41, 5.74) is 2.47. The maximum absolute atomic E-state index is 12.4. The Labute approximate surface area is 189 Å². The average Bonchev–Trinajstić information content (AvgIpc) is 3.51. The van der Waals surface area contributed by atoms with E-state index in [1.54, 1.807) is 0 Å². The quantitative estimate of drug-likeness (QED) is 0.461. The van der Waals surface area contributed by atoms with Crippen LogP contribution in [0.1, 0.15) is 69.2 Å². The largest absolute Gasteiger partial charge is 0.493 e. The second-order valence-corrected chi connectivity index (χ2v) is 10.0. The molecule has 0 N–H and O–H groups in total. The van der Waals surface area contributed by atoms with Gasteiger partial charge < -0.3 is 14.2 Å². The van der Waals surface area contributed by atoms with E-state index in [0.717, 1.165) is 35.6 Å². The summed E-state index contributed by atoms with van der Waals surface area (Å²) >= 11 is 6.47. The monoisotopic (exact) mass is 442 g/mol. The van der Waals surface area contributed by atoms with Crippen LogP contribution >= 0.6 is 11.6 Å². The summed E-state index contributed by atoms with van der Waals surface area (Å²) in [6.45, 7) is 6.22. The van der Waals surface area contributed by atoms with Gasteiger partial charge in [-0.05, 0) is 63.3 Å². The topological polar surface area (TPSA) is 44.8 Å². The van der Waals surface area contributed by atoms with Crippen molar-refractivity contribution in [2.45, 2.75) is 71.0 Å². The lowest BCUT2D eigenvalue weighted by Crippen LogP contribution is -2.25. The van der Waals surface area contributed by atoms with Crippen LogP contribution in [0.2, 0.25) is 5.02 Å². The van der Waals surface area contributed by atoms with Crippen LogP contribution in [-0.2, 0) is 22.4 Å². The Morgan fingerprint density at radius 1 is 1.13 bits per heavy atom. The summed E-state index contributed by atoms with van der Waals surface area (Å²) in [6.07, 6.45) is 5.58. The first-order valence-corrected chi connectivity index (χ1v) is 11.6. The van der Waals surface area contributed by atoms with E-state index in [2.05, 4.69) is 0 Å². The lowest BCUT2D eigenvalue weighted by Gasteiger charge is -2.29. The van der Waals surface area contributed by atoms with E-state index >= 15 is 0 Å². The van der Waals surface area contributed by atoms with Crippen molar-refractivity contribution in [2.24, 2.45) is 5.92 Å². The van der Waals surface area contributed by atoms with Gasteiger partial charge in [0.2, 0.25) is 0 Å². The predicted molar refractivity (Wildman–Crippen MR) is 122 cm³/mol. The average molecular weight is 443 g/mol. The Hall–Kier alpha value is -2.20. The number of hydrogen-bond acceptors (Lipinski definition) is 4. The molecule has 2 aromatic rings. The van der Waals surface area contributed by atoms with Gasteiger partial charge in [-0.2, -0.15) is 0 Å². The molecule has 31 heavy (non-hydrogen) atoms. The number of ether oxygens (including phenoxy) is 3. The maximum Gasteiger partial charge on any atom is 0.310 e. The van der Waals surface area contributed by atoms with E-state index in [9.17, 15) is 4.79 Å². The van der Waals surface area contributed by atoms with Crippen LogP contribution < -0.4 is 9.47 Å². The third-order valence-electron chi connectivity index (χ3n) is 5.65. The van der Waals surface area contributed by atoms with E-state index in [0.29, 0.717) is 17.4 Å². The van der Waals surface area contributed by atoms with Crippen molar-refractivity contribution < 1.29 is 19.0 Å². The number of esters is 1. The molecule has 0 spiro atoms. The van der Waals surface area contributed by atoms with Gasteiger partial charge in [-0.1, -0.05) is 42.6 Å². The number of carbonyl (C=O) groups is 1. The van der Waals surface area contributed by atoms with Gasteiger partial charge in [-0.25, -0.2) is 0 Å². The van der Waals surface area contributed by atoms with Gasteiger partial charge >= 0.3 is 5.97 Å². The third kappa shape index (κ3) is 5.94. The van der Waals surface area contributed by atoms with Gasteiger partial charge in [0.05, 0.1) is 13.0 Å². The second kappa shape index (κ2) is 9.12. The molecular formula is C26H31ClO4. The number of carbonyl (C=O) groups excluding carboxylic acids is 1. The fourth-order valence-corrected chi connectivity index (χ4v) is 4.29. The second-order valence-electron chi connectivity index (χ2n) is 9.58.